The number of nitrogens with zero attached hydrogens (tertiary/aromatic N) is 2. The summed E-state index contributed by atoms with van der Waals surface area (Å²) in [4.78, 5) is 37.3. The van der Waals surface area contributed by atoms with Crippen LogP contribution < -0.4 is 9.47 Å². The molecule has 0 bridgehead atoms. The zero-order chi connectivity index (χ0) is 25.5. The molecule has 0 fully saturated rings. The lowest BCUT2D eigenvalue weighted by Crippen LogP contribution is -2.15. The molecule has 0 radical (unpaired) electrons. The summed E-state index contributed by atoms with van der Waals surface area (Å²) in [7, 11) is 3.84. The number of benzene rings is 2. The van der Waals surface area contributed by atoms with E-state index in [9.17, 15) is 14.4 Å². The first kappa shape index (κ1) is 25.8. The van der Waals surface area contributed by atoms with Crippen molar-refractivity contribution >= 4 is 33.8 Å². The van der Waals surface area contributed by atoms with Crippen molar-refractivity contribution in [3.63, 3.8) is 0 Å². The normalized spacial score (nSPS) is 10.4. The van der Waals surface area contributed by atoms with Crippen LogP contribution in [0.1, 0.15) is 27.8 Å². The van der Waals surface area contributed by atoms with Gasteiger partial charge < -0.3 is 23.7 Å². The highest BCUT2D eigenvalue weighted by Crippen LogP contribution is 2.41. The molecule has 0 atom stereocenters. The summed E-state index contributed by atoms with van der Waals surface area (Å²) < 4.78 is 27.6. The Morgan fingerprint density at radius 3 is 2.29 bits per heavy atom. The summed E-state index contributed by atoms with van der Waals surface area (Å²) in [5.74, 6) is -1.58. The van der Waals surface area contributed by atoms with Gasteiger partial charge in [0.25, 0.3) is 0 Å². The Hall–Kier alpha value is -3.86. The summed E-state index contributed by atoms with van der Waals surface area (Å²) >= 11 is 3.42. The first-order valence-electron chi connectivity index (χ1n) is 10.4. The van der Waals surface area contributed by atoms with Gasteiger partial charge in [-0.15, -0.1) is 0 Å². The van der Waals surface area contributed by atoms with Crippen LogP contribution in [0.3, 0.4) is 0 Å². The molecule has 0 unspecified atom stereocenters. The lowest BCUT2D eigenvalue weighted by molar-refractivity contribution is -0.145. The Balaban J connectivity index is 2.21. The molecule has 11 heteroatoms. The molecule has 0 amide bonds. The van der Waals surface area contributed by atoms with E-state index in [1.807, 2.05) is 6.07 Å². The molecule has 0 aliphatic rings. The maximum Gasteiger partial charge on any atom is 0.357 e. The van der Waals surface area contributed by atoms with Crippen molar-refractivity contribution < 1.29 is 38.1 Å². The number of rotatable bonds is 9. The van der Waals surface area contributed by atoms with Crippen LogP contribution in [-0.4, -0.2) is 62.2 Å². The Morgan fingerprint density at radius 1 is 1.00 bits per heavy atom. The predicted molar refractivity (Wildman–Crippen MR) is 128 cm³/mol. The van der Waals surface area contributed by atoms with Crippen LogP contribution in [0.15, 0.2) is 46.9 Å². The van der Waals surface area contributed by atoms with Crippen LogP contribution in [0, 0.1) is 0 Å². The van der Waals surface area contributed by atoms with E-state index in [1.165, 1.54) is 26.0 Å². The minimum Gasteiger partial charge on any atom is -0.493 e. The topological polar surface area (TPSA) is 115 Å². The molecule has 0 saturated heterocycles. The molecule has 0 aliphatic carbocycles. The smallest absolute Gasteiger partial charge is 0.357 e. The number of methoxy groups -OCH3 is 3. The molecule has 3 rings (SSSR count). The van der Waals surface area contributed by atoms with Gasteiger partial charge in [-0.3, -0.25) is 0 Å². The van der Waals surface area contributed by atoms with E-state index in [1.54, 1.807) is 43.3 Å². The molecule has 1 aromatic heterocycles. The van der Waals surface area contributed by atoms with Crippen molar-refractivity contribution in [2.45, 2.75) is 6.92 Å². The molecule has 10 nitrogen and oxygen atoms in total. The molecule has 0 aliphatic heterocycles. The molecule has 0 N–H and O–H groups in total. The van der Waals surface area contributed by atoms with Gasteiger partial charge in [0.2, 0.25) is 0 Å². The summed E-state index contributed by atoms with van der Waals surface area (Å²) in [6, 6.07) is 12.0. The van der Waals surface area contributed by atoms with Crippen LogP contribution in [0.5, 0.6) is 11.5 Å². The molecular formula is C24H23BrN2O8. The number of carbonyl (C=O) groups is 3. The van der Waals surface area contributed by atoms with Gasteiger partial charge in [-0.1, -0.05) is 18.2 Å². The molecule has 2 aromatic carbocycles. The lowest BCUT2D eigenvalue weighted by atomic mass is 10.0. The molecular weight excluding hydrogens is 524 g/mol. The van der Waals surface area contributed by atoms with E-state index < -0.39 is 17.9 Å². The summed E-state index contributed by atoms with van der Waals surface area (Å²) in [6.45, 7) is 1.59. The Bertz CT molecular complexity index is 1240. The second-order valence-corrected chi connectivity index (χ2v) is 7.74. The van der Waals surface area contributed by atoms with Crippen LogP contribution in [0.4, 0.5) is 0 Å². The number of aromatic nitrogens is 2. The van der Waals surface area contributed by atoms with Gasteiger partial charge in [0.05, 0.1) is 38.1 Å². The zero-order valence-corrected chi connectivity index (χ0v) is 21.1. The van der Waals surface area contributed by atoms with E-state index in [4.69, 9.17) is 23.7 Å². The zero-order valence-electron chi connectivity index (χ0n) is 19.5. The van der Waals surface area contributed by atoms with Crippen LogP contribution in [0.2, 0.25) is 0 Å². The van der Waals surface area contributed by atoms with Crippen molar-refractivity contribution in [1.82, 2.24) is 9.78 Å². The fraction of sp³-hybridized carbons (Fsp3) is 0.250. The first-order valence-corrected chi connectivity index (χ1v) is 11.2. The third-order valence-electron chi connectivity index (χ3n) is 4.80. The predicted octanol–water partition coefficient (Wildman–Crippen LogP) is 3.83. The number of hydrogen-bond acceptors (Lipinski definition) is 9. The molecule has 0 spiro atoms. The van der Waals surface area contributed by atoms with E-state index in [-0.39, 0.29) is 41.7 Å². The Morgan fingerprint density at radius 2 is 1.69 bits per heavy atom. The third-order valence-corrected chi connectivity index (χ3v) is 5.39. The van der Waals surface area contributed by atoms with Gasteiger partial charge in [0, 0.05) is 5.56 Å². The van der Waals surface area contributed by atoms with Gasteiger partial charge in [-0.2, -0.15) is 5.10 Å². The van der Waals surface area contributed by atoms with Crippen molar-refractivity contribution in [3.05, 3.63) is 58.2 Å². The summed E-state index contributed by atoms with van der Waals surface area (Å²) in [6.07, 6.45) is 0. The highest BCUT2D eigenvalue weighted by atomic mass is 79.9. The fourth-order valence-corrected chi connectivity index (χ4v) is 3.84. The molecule has 35 heavy (non-hydrogen) atoms. The maximum atomic E-state index is 12.8. The molecule has 1 heterocycles. The SMILES string of the molecule is CCOC(=O)COc1c(Br)cc(-c2nn(-c3ccccc3)c(C(=O)OC)c2C(=O)OC)cc1OC. The number of ether oxygens (including phenoxy) is 5. The van der Waals surface area contributed by atoms with Crippen LogP contribution >= 0.6 is 15.9 Å². The lowest BCUT2D eigenvalue weighted by Gasteiger charge is -2.14. The molecule has 0 saturated carbocycles. The fourth-order valence-electron chi connectivity index (χ4n) is 3.29. The number of hydrogen-bond donors (Lipinski definition) is 0. The summed E-state index contributed by atoms with van der Waals surface area (Å²) in [5.41, 5.74) is 0.912. The molecule has 3 aromatic rings. The van der Waals surface area contributed by atoms with Crippen molar-refractivity contribution in [1.29, 1.82) is 0 Å². The van der Waals surface area contributed by atoms with Gasteiger partial charge in [0.15, 0.2) is 23.8 Å². The maximum absolute atomic E-state index is 12.8. The quantitative estimate of drug-likeness (QED) is 0.291. The van der Waals surface area contributed by atoms with E-state index in [2.05, 4.69) is 21.0 Å². The van der Waals surface area contributed by atoms with Gasteiger partial charge in [-0.05, 0) is 47.1 Å². The molecule has 184 valence electrons. The van der Waals surface area contributed by atoms with E-state index in [0.29, 0.717) is 15.7 Å². The highest BCUT2D eigenvalue weighted by molar-refractivity contribution is 9.10. The standard InChI is InChI=1S/C24H23BrN2O8/c1-5-34-18(28)13-35-22-16(25)11-14(12-17(22)31-2)20-19(23(29)32-3)21(24(30)33-4)27(26-20)15-9-7-6-8-10-15/h6-12H,5,13H2,1-4H3. The monoisotopic (exact) mass is 546 g/mol. The summed E-state index contributed by atoms with van der Waals surface area (Å²) in [5, 5.41) is 4.56. The van der Waals surface area contributed by atoms with Gasteiger partial charge >= 0.3 is 17.9 Å². The van der Waals surface area contributed by atoms with E-state index >= 15 is 0 Å². The van der Waals surface area contributed by atoms with Gasteiger partial charge in [-0.25, -0.2) is 19.1 Å². The largest absolute Gasteiger partial charge is 0.493 e. The van der Waals surface area contributed by atoms with Gasteiger partial charge in [0.1, 0.15) is 11.3 Å². The Kier molecular flexibility index (Phi) is 8.48. The van der Waals surface area contributed by atoms with Crippen molar-refractivity contribution in [2.24, 2.45) is 0 Å². The first-order chi connectivity index (χ1) is 16.9. The average Bonchev–Trinajstić information content (AvgIpc) is 3.28. The number of para-hydroxylation sites is 1. The minimum absolute atomic E-state index is 0.0858. The number of carbonyl (C=O) groups excluding carboxylic acids is 3. The van der Waals surface area contributed by atoms with Crippen LogP contribution in [-0.2, 0) is 19.0 Å². The Labute approximate surface area is 209 Å². The van der Waals surface area contributed by atoms with Crippen molar-refractivity contribution in [3.8, 4) is 28.4 Å². The third kappa shape index (κ3) is 5.46. The number of halogens is 1. The number of esters is 3. The van der Waals surface area contributed by atoms with Crippen LogP contribution in [0.25, 0.3) is 16.9 Å². The van der Waals surface area contributed by atoms with Crippen molar-refractivity contribution in [2.75, 3.05) is 34.5 Å². The second kappa shape index (κ2) is 11.5. The minimum atomic E-state index is -0.777. The highest BCUT2D eigenvalue weighted by Gasteiger charge is 2.32. The second-order valence-electron chi connectivity index (χ2n) is 6.89. The average molecular weight is 547 g/mol. The van der Waals surface area contributed by atoms with E-state index in [0.717, 1.165) is 0 Å².